The van der Waals surface area contributed by atoms with E-state index in [1.807, 2.05) is 16.8 Å². The van der Waals surface area contributed by atoms with Gasteiger partial charge in [-0.15, -0.1) is 0 Å². The second-order valence-corrected chi connectivity index (χ2v) is 7.05. The third-order valence-electron chi connectivity index (χ3n) is 4.40. The molecule has 0 aliphatic carbocycles. The fraction of sp³-hybridized carbons (Fsp3) is 0.222. The molecule has 1 aromatic heterocycles. The van der Waals surface area contributed by atoms with Gasteiger partial charge in [0.05, 0.1) is 19.2 Å². The van der Waals surface area contributed by atoms with E-state index < -0.39 is 0 Å². The van der Waals surface area contributed by atoms with Crippen LogP contribution in [-0.4, -0.2) is 21.9 Å². The highest BCUT2D eigenvalue weighted by atomic mass is 127. The van der Waals surface area contributed by atoms with E-state index >= 15 is 0 Å². The Labute approximate surface area is 154 Å². The Hall–Kier alpha value is -2.09. The molecule has 2 atom stereocenters. The molecule has 2 aromatic carbocycles. The molecule has 5 nitrogen and oxygen atoms in total. The quantitative estimate of drug-likeness (QED) is 0.635. The summed E-state index contributed by atoms with van der Waals surface area (Å²) in [7, 11) is 1.68. The molecule has 122 valence electrons. The van der Waals surface area contributed by atoms with Gasteiger partial charge in [0, 0.05) is 3.57 Å². The fourth-order valence-electron chi connectivity index (χ4n) is 3.14. The molecule has 0 saturated carbocycles. The number of hydrogen-bond donors (Lipinski definition) is 1. The number of nitrogens with one attached hydrogen (secondary N) is 1. The van der Waals surface area contributed by atoms with Gasteiger partial charge in [0.15, 0.2) is 0 Å². The molecule has 0 amide bonds. The highest BCUT2D eigenvalue weighted by Crippen LogP contribution is 2.37. The lowest BCUT2D eigenvalue weighted by atomic mass is 9.93. The molecule has 1 aliphatic heterocycles. The summed E-state index contributed by atoms with van der Waals surface area (Å²) in [6, 6.07) is 17.2. The van der Waals surface area contributed by atoms with Crippen molar-refractivity contribution >= 4 is 28.5 Å². The second kappa shape index (κ2) is 6.43. The standard InChI is InChI=1S/C18H17IN4O/c1-24-15-8-4-13(5-9-15)17-10-16(12-2-6-14(19)7-3-12)22-18-20-11-21-23(17)18/h2-9,11,16-17H,10H2,1H3,(H,20,21,22). The van der Waals surface area contributed by atoms with Crippen LogP contribution in [-0.2, 0) is 0 Å². The molecule has 0 spiro atoms. The van der Waals surface area contributed by atoms with Gasteiger partial charge in [-0.2, -0.15) is 10.1 Å². The van der Waals surface area contributed by atoms with Crippen molar-refractivity contribution in [3.8, 4) is 5.75 Å². The number of hydrogen-bond acceptors (Lipinski definition) is 4. The van der Waals surface area contributed by atoms with Gasteiger partial charge >= 0.3 is 0 Å². The van der Waals surface area contributed by atoms with Crippen molar-refractivity contribution in [1.82, 2.24) is 14.8 Å². The third-order valence-corrected chi connectivity index (χ3v) is 5.12. The van der Waals surface area contributed by atoms with Crippen LogP contribution in [0.5, 0.6) is 5.75 Å². The van der Waals surface area contributed by atoms with Gasteiger partial charge in [-0.25, -0.2) is 4.68 Å². The molecule has 0 saturated heterocycles. The van der Waals surface area contributed by atoms with Crippen LogP contribution >= 0.6 is 22.6 Å². The number of benzene rings is 2. The Morgan fingerprint density at radius 1 is 1.08 bits per heavy atom. The minimum absolute atomic E-state index is 0.152. The molecular weight excluding hydrogens is 415 g/mol. The van der Waals surface area contributed by atoms with Gasteiger partial charge in [0.25, 0.3) is 0 Å². The number of anilines is 1. The molecule has 2 heterocycles. The molecule has 0 bridgehead atoms. The third kappa shape index (κ3) is 2.86. The van der Waals surface area contributed by atoms with E-state index in [0.717, 1.165) is 18.1 Å². The van der Waals surface area contributed by atoms with Gasteiger partial charge in [-0.1, -0.05) is 24.3 Å². The summed E-state index contributed by atoms with van der Waals surface area (Å²) in [4.78, 5) is 4.37. The second-order valence-electron chi connectivity index (χ2n) is 5.80. The van der Waals surface area contributed by atoms with Crippen molar-refractivity contribution in [2.75, 3.05) is 12.4 Å². The molecule has 4 rings (SSSR count). The van der Waals surface area contributed by atoms with E-state index in [1.165, 1.54) is 14.7 Å². The topological polar surface area (TPSA) is 52.0 Å². The fourth-order valence-corrected chi connectivity index (χ4v) is 3.50. The van der Waals surface area contributed by atoms with Crippen molar-refractivity contribution in [1.29, 1.82) is 0 Å². The Morgan fingerprint density at radius 2 is 1.79 bits per heavy atom. The number of rotatable bonds is 3. The van der Waals surface area contributed by atoms with Crippen LogP contribution < -0.4 is 10.1 Å². The van der Waals surface area contributed by atoms with E-state index in [0.29, 0.717) is 0 Å². The van der Waals surface area contributed by atoms with Crippen molar-refractivity contribution in [3.05, 3.63) is 69.6 Å². The van der Waals surface area contributed by atoms with Gasteiger partial charge in [-0.05, 0) is 64.4 Å². The summed E-state index contributed by atoms with van der Waals surface area (Å²) in [6.07, 6.45) is 2.53. The lowest BCUT2D eigenvalue weighted by Gasteiger charge is -2.32. The molecular formula is C18H17IN4O. The average Bonchev–Trinajstić information content (AvgIpc) is 3.10. The van der Waals surface area contributed by atoms with E-state index in [2.05, 4.69) is 74.4 Å². The van der Waals surface area contributed by atoms with Crippen molar-refractivity contribution in [2.24, 2.45) is 0 Å². The Morgan fingerprint density at radius 3 is 2.50 bits per heavy atom. The van der Waals surface area contributed by atoms with Crippen LogP contribution in [0.4, 0.5) is 5.95 Å². The summed E-state index contributed by atoms with van der Waals surface area (Å²) >= 11 is 2.33. The van der Waals surface area contributed by atoms with Crippen LogP contribution in [0.1, 0.15) is 29.6 Å². The Kier molecular flexibility index (Phi) is 4.13. The van der Waals surface area contributed by atoms with Crippen LogP contribution in [0.3, 0.4) is 0 Å². The minimum atomic E-state index is 0.152. The van der Waals surface area contributed by atoms with Gasteiger partial charge < -0.3 is 10.1 Å². The molecule has 6 heteroatoms. The van der Waals surface area contributed by atoms with Crippen molar-refractivity contribution in [2.45, 2.75) is 18.5 Å². The lowest BCUT2D eigenvalue weighted by molar-refractivity contribution is 0.411. The maximum absolute atomic E-state index is 5.26. The van der Waals surface area contributed by atoms with Crippen LogP contribution in [0, 0.1) is 3.57 Å². The highest BCUT2D eigenvalue weighted by Gasteiger charge is 2.29. The maximum atomic E-state index is 5.26. The average molecular weight is 432 g/mol. The summed E-state index contributed by atoms with van der Waals surface area (Å²) in [6.45, 7) is 0. The smallest absolute Gasteiger partial charge is 0.222 e. The Bertz CT molecular complexity index is 829. The van der Waals surface area contributed by atoms with Crippen LogP contribution in [0.15, 0.2) is 54.9 Å². The molecule has 0 fully saturated rings. The predicted molar refractivity (Wildman–Crippen MR) is 101 cm³/mol. The number of halogens is 1. The first kappa shape index (κ1) is 15.4. The van der Waals surface area contributed by atoms with E-state index in [9.17, 15) is 0 Å². The zero-order valence-electron chi connectivity index (χ0n) is 13.2. The predicted octanol–water partition coefficient (Wildman–Crippen LogP) is 4.04. The first-order chi connectivity index (χ1) is 11.7. The monoisotopic (exact) mass is 432 g/mol. The van der Waals surface area contributed by atoms with E-state index in [4.69, 9.17) is 4.74 Å². The summed E-state index contributed by atoms with van der Waals surface area (Å²) in [5, 5.41) is 7.91. The largest absolute Gasteiger partial charge is 0.497 e. The van der Waals surface area contributed by atoms with Gasteiger partial charge in [0.1, 0.15) is 12.1 Å². The van der Waals surface area contributed by atoms with Gasteiger partial charge in [-0.3, -0.25) is 0 Å². The van der Waals surface area contributed by atoms with Crippen molar-refractivity contribution < 1.29 is 4.74 Å². The SMILES string of the molecule is COc1ccc(C2CC(c3ccc(I)cc3)Nc3ncnn32)cc1. The van der Waals surface area contributed by atoms with Crippen molar-refractivity contribution in [3.63, 3.8) is 0 Å². The van der Waals surface area contributed by atoms with E-state index in [1.54, 1.807) is 13.4 Å². The summed E-state index contributed by atoms with van der Waals surface area (Å²) in [5.41, 5.74) is 2.47. The minimum Gasteiger partial charge on any atom is -0.497 e. The zero-order chi connectivity index (χ0) is 16.5. The van der Waals surface area contributed by atoms with Crippen LogP contribution in [0.2, 0.25) is 0 Å². The number of methoxy groups -OCH3 is 1. The number of ether oxygens (including phenoxy) is 1. The zero-order valence-corrected chi connectivity index (χ0v) is 15.3. The first-order valence-electron chi connectivity index (χ1n) is 7.80. The molecule has 1 N–H and O–H groups in total. The molecule has 24 heavy (non-hydrogen) atoms. The molecule has 3 aromatic rings. The van der Waals surface area contributed by atoms with E-state index in [-0.39, 0.29) is 12.1 Å². The lowest BCUT2D eigenvalue weighted by Crippen LogP contribution is -2.28. The number of aromatic nitrogens is 3. The maximum Gasteiger partial charge on any atom is 0.222 e. The summed E-state index contributed by atoms with van der Waals surface area (Å²) < 4.78 is 8.47. The first-order valence-corrected chi connectivity index (χ1v) is 8.88. The number of fused-ring (bicyclic) bond motifs is 1. The molecule has 2 unspecified atom stereocenters. The number of nitrogens with zero attached hydrogens (tertiary/aromatic N) is 3. The Balaban J connectivity index is 1.69. The van der Waals surface area contributed by atoms with Gasteiger partial charge in [0.2, 0.25) is 5.95 Å². The molecule has 1 aliphatic rings. The summed E-state index contributed by atoms with van der Waals surface area (Å²) in [5.74, 6) is 1.67. The van der Waals surface area contributed by atoms with Crippen LogP contribution in [0.25, 0.3) is 0 Å². The highest BCUT2D eigenvalue weighted by molar-refractivity contribution is 14.1. The normalized spacial score (nSPS) is 19.4. The molecule has 0 radical (unpaired) electrons.